The molecule has 38 heavy (non-hydrogen) atoms. The van der Waals surface area contributed by atoms with Gasteiger partial charge < -0.3 is 24.4 Å². The Morgan fingerprint density at radius 2 is 1.89 bits per heavy atom. The lowest BCUT2D eigenvalue weighted by Gasteiger charge is -2.40. The maximum absolute atomic E-state index is 14.9. The molecule has 1 aliphatic carbocycles. The molecule has 0 bridgehead atoms. The van der Waals surface area contributed by atoms with Crippen LogP contribution < -0.4 is 15.8 Å². The number of hydrogen-bond donors (Lipinski definition) is 1. The first kappa shape index (κ1) is 27.6. The topological polar surface area (TPSA) is 77.9 Å². The van der Waals surface area contributed by atoms with Crippen molar-refractivity contribution in [1.82, 2.24) is 9.78 Å². The highest BCUT2D eigenvalue weighted by molar-refractivity contribution is 6.33. The largest absolute Gasteiger partial charge is 0.379 e. The van der Waals surface area contributed by atoms with Crippen LogP contribution in [0.3, 0.4) is 0 Å². The van der Waals surface area contributed by atoms with Gasteiger partial charge in [-0.05, 0) is 62.8 Å². The summed E-state index contributed by atoms with van der Waals surface area (Å²) in [6.45, 7) is 3.18. The maximum atomic E-state index is 14.9. The minimum Gasteiger partial charge on any atom is -0.379 e. The smallest absolute Gasteiger partial charge is 0.287 e. The van der Waals surface area contributed by atoms with E-state index in [0.717, 1.165) is 37.9 Å². The van der Waals surface area contributed by atoms with Crippen LogP contribution in [0, 0.1) is 0 Å². The van der Waals surface area contributed by atoms with Gasteiger partial charge >= 0.3 is 0 Å². The van der Waals surface area contributed by atoms with Gasteiger partial charge in [0.15, 0.2) is 5.67 Å². The van der Waals surface area contributed by atoms with Gasteiger partial charge in [0, 0.05) is 29.9 Å². The minimum absolute atomic E-state index is 0.00363. The normalized spacial score (nSPS) is 28.1. The molecule has 2 saturated heterocycles. The van der Waals surface area contributed by atoms with Crippen molar-refractivity contribution in [2.75, 3.05) is 56.3 Å². The number of anilines is 2. The first-order valence-electron chi connectivity index (χ1n) is 13.4. The quantitative estimate of drug-likeness (QED) is 0.486. The molecule has 2 aliphatic heterocycles. The third-order valence-electron chi connectivity index (χ3n) is 7.71. The van der Waals surface area contributed by atoms with Crippen LogP contribution in [0.5, 0.6) is 0 Å². The second-order valence-electron chi connectivity index (χ2n) is 10.4. The zero-order chi connectivity index (χ0) is 26.5. The molecule has 2 atom stereocenters. The number of alkyl halides is 1. The first-order chi connectivity index (χ1) is 18.4. The number of benzene rings is 1. The molecular weight excluding hydrogens is 534 g/mol. The van der Waals surface area contributed by atoms with E-state index >= 15 is 0 Å². The van der Waals surface area contributed by atoms with E-state index in [-0.39, 0.29) is 41.9 Å². The number of halogens is 3. The highest BCUT2D eigenvalue weighted by atomic mass is 35.5. The molecule has 0 amide bonds. The van der Waals surface area contributed by atoms with Crippen LogP contribution >= 0.6 is 23.2 Å². The summed E-state index contributed by atoms with van der Waals surface area (Å²) in [5.41, 5.74) is -0.377. The highest BCUT2D eigenvalue weighted by Crippen LogP contribution is 2.34. The fraction of sp³-hybridized carbons (Fsp3) is 0.630. The Labute approximate surface area is 232 Å². The van der Waals surface area contributed by atoms with E-state index in [0.29, 0.717) is 50.0 Å². The van der Waals surface area contributed by atoms with Crippen LogP contribution in [0.4, 0.5) is 15.8 Å². The standard InChI is InChI=1S/C27H35Cl2FN4O4/c28-19-2-4-20(5-3-19)33(15-23-16-36-12-13-38-23)21-6-8-22(9-7-21)34-26(35)25(29)24(14-32-34)31-17-27(30)10-1-11-37-18-27/h2-5,14,21-23,31H,1,6-13,15-18H2/t21?,22?,23-,27?/m0/s1. The van der Waals surface area contributed by atoms with Gasteiger partial charge in [-0.25, -0.2) is 9.07 Å². The predicted molar refractivity (Wildman–Crippen MR) is 147 cm³/mol. The number of nitrogens with one attached hydrogen (secondary N) is 1. The molecule has 208 valence electrons. The van der Waals surface area contributed by atoms with Crippen LogP contribution in [0.1, 0.15) is 44.6 Å². The molecule has 5 rings (SSSR count). The summed E-state index contributed by atoms with van der Waals surface area (Å²) in [7, 11) is 0. The zero-order valence-corrected chi connectivity index (χ0v) is 22.9. The monoisotopic (exact) mass is 568 g/mol. The molecule has 0 spiro atoms. The SMILES string of the molecule is O=c1c(Cl)c(NCC2(F)CCCOC2)cnn1C1CCC(N(C[C@H]2COCCO2)c2ccc(Cl)cc2)CC1. The third kappa shape index (κ3) is 6.62. The van der Waals surface area contributed by atoms with Crippen molar-refractivity contribution >= 4 is 34.6 Å². The fourth-order valence-electron chi connectivity index (χ4n) is 5.61. The lowest BCUT2D eigenvalue weighted by atomic mass is 9.89. The van der Waals surface area contributed by atoms with Crippen molar-refractivity contribution in [3.8, 4) is 0 Å². The summed E-state index contributed by atoms with van der Waals surface area (Å²) in [5.74, 6) is 0. The summed E-state index contributed by atoms with van der Waals surface area (Å²) in [5, 5.41) is 8.13. The van der Waals surface area contributed by atoms with Crippen molar-refractivity contribution < 1.29 is 18.6 Å². The Hall–Kier alpha value is -1.91. The molecule has 1 saturated carbocycles. The van der Waals surface area contributed by atoms with Gasteiger partial charge in [0.05, 0.1) is 57.0 Å². The molecule has 1 unspecified atom stereocenters. The molecule has 3 heterocycles. The summed E-state index contributed by atoms with van der Waals surface area (Å²) >= 11 is 12.6. The predicted octanol–water partition coefficient (Wildman–Crippen LogP) is 4.89. The molecule has 1 aromatic carbocycles. The Morgan fingerprint density at radius 3 is 2.58 bits per heavy atom. The zero-order valence-electron chi connectivity index (χ0n) is 21.4. The molecule has 3 aliphatic rings. The summed E-state index contributed by atoms with van der Waals surface area (Å²) in [4.78, 5) is 15.5. The number of hydrogen-bond acceptors (Lipinski definition) is 7. The van der Waals surface area contributed by atoms with Gasteiger partial charge in [0.1, 0.15) is 5.02 Å². The molecular formula is C27H35Cl2FN4O4. The molecule has 11 heteroatoms. The van der Waals surface area contributed by atoms with E-state index in [1.54, 1.807) is 0 Å². The number of ether oxygens (including phenoxy) is 3. The van der Waals surface area contributed by atoms with Crippen molar-refractivity contribution in [2.45, 2.75) is 62.4 Å². The maximum Gasteiger partial charge on any atom is 0.287 e. The minimum atomic E-state index is -1.47. The fourth-order valence-corrected chi connectivity index (χ4v) is 5.94. The third-order valence-corrected chi connectivity index (χ3v) is 8.33. The van der Waals surface area contributed by atoms with Gasteiger partial charge in [0.25, 0.3) is 5.56 Å². The Morgan fingerprint density at radius 1 is 1.11 bits per heavy atom. The summed E-state index contributed by atoms with van der Waals surface area (Å²) in [6, 6.07) is 8.11. The average Bonchev–Trinajstić information content (AvgIpc) is 2.94. The van der Waals surface area contributed by atoms with Gasteiger partial charge in [-0.1, -0.05) is 23.2 Å². The van der Waals surface area contributed by atoms with Crippen molar-refractivity contribution in [2.24, 2.45) is 0 Å². The van der Waals surface area contributed by atoms with E-state index in [1.807, 2.05) is 24.3 Å². The van der Waals surface area contributed by atoms with Crippen LogP contribution in [-0.2, 0) is 14.2 Å². The van der Waals surface area contributed by atoms with Crippen LogP contribution in [0.15, 0.2) is 35.3 Å². The number of aromatic nitrogens is 2. The van der Waals surface area contributed by atoms with Crippen LogP contribution in [0.2, 0.25) is 10.0 Å². The Kier molecular flexibility index (Phi) is 9.10. The first-order valence-corrected chi connectivity index (χ1v) is 14.2. The molecule has 1 aromatic heterocycles. The highest BCUT2D eigenvalue weighted by Gasteiger charge is 2.34. The molecule has 8 nitrogen and oxygen atoms in total. The van der Waals surface area contributed by atoms with Gasteiger partial charge in [-0.3, -0.25) is 4.79 Å². The van der Waals surface area contributed by atoms with Gasteiger partial charge in [0.2, 0.25) is 0 Å². The van der Waals surface area contributed by atoms with Crippen LogP contribution in [-0.4, -0.2) is 73.7 Å². The van der Waals surface area contributed by atoms with Gasteiger partial charge in [-0.15, -0.1) is 0 Å². The average molecular weight is 570 g/mol. The lowest BCUT2D eigenvalue weighted by Crippen LogP contribution is -2.46. The summed E-state index contributed by atoms with van der Waals surface area (Å²) in [6.07, 6.45) is 5.97. The molecule has 0 radical (unpaired) electrons. The van der Waals surface area contributed by atoms with Crippen LogP contribution in [0.25, 0.3) is 0 Å². The second-order valence-corrected chi connectivity index (χ2v) is 11.3. The van der Waals surface area contributed by atoms with Gasteiger partial charge in [-0.2, -0.15) is 5.10 Å². The number of rotatable bonds is 8. The van der Waals surface area contributed by atoms with Crippen molar-refractivity contribution in [1.29, 1.82) is 0 Å². The number of nitrogens with zero attached hydrogens (tertiary/aromatic N) is 3. The van der Waals surface area contributed by atoms with E-state index in [4.69, 9.17) is 37.4 Å². The van der Waals surface area contributed by atoms with E-state index in [2.05, 4.69) is 15.3 Å². The Bertz CT molecular complexity index is 1120. The molecule has 1 N–H and O–H groups in total. The van der Waals surface area contributed by atoms with Crippen molar-refractivity contribution in [3.05, 3.63) is 50.9 Å². The molecule has 2 aromatic rings. The molecule has 3 fully saturated rings. The van der Waals surface area contributed by atoms with E-state index < -0.39 is 5.67 Å². The lowest BCUT2D eigenvalue weighted by molar-refractivity contribution is -0.0847. The van der Waals surface area contributed by atoms with E-state index in [9.17, 15) is 9.18 Å². The van der Waals surface area contributed by atoms with Crippen molar-refractivity contribution in [3.63, 3.8) is 0 Å². The second kappa shape index (κ2) is 12.5. The summed E-state index contributed by atoms with van der Waals surface area (Å²) < 4.78 is 33.2. The van der Waals surface area contributed by atoms with E-state index in [1.165, 1.54) is 10.9 Å². The Balaban J connectivity index is 1.24.